The molecule has 0 amide bonds. The molecule has 3 rings (SSSR count). The average Bonchev–Trinajstić information content (AvgIpc) is 2.77. The highest BCUT2D eigenvalue weighted by Gasteiger charge is 2.12. The molecule has 0 saturated heterocycles. The lowest BCUT2D eigenvalue weighted by Crippen LogP contribution is -2.00. The highest BCUT2D eigenvalue weighted by atomic mass is 15.1. The van der Waals surface area contributed by atoms with Gasteiger partial charge in [0.2, 0.25) is 5.82 Å². The highest BCUT2D eigenvalue weighted by Crippen LogP contribution is 2.20. The zero-order valence-corrected chi connectivity index (χ0v) is 9.83. The predicted molar refractivity (Wildman–Crippen MR) is 68.3 cm³/mol. The number of rotatable bonds is 1. The third-order valence-electron chi connectivity index (χ3n) is 2.79. The lowest BCUT2D eigenvalue weighted by Gasteiger charge is -2.04. The molecule has 0 aliphatic carbocycles. The minimum absolute atomic E-state index is 0.356. The SMILES string of the molecule is Cc1ccnc(-n2c(C#N)nc3ccccc32)c1. The molecule has 0 atom stereocenters. The van der Waals surface area contributed by atoms with Gasteiger partial charge in [0.25, 0.3) is 0 Å². The van der Waals surface area contributed by atoms with Crippen LogP contribution >= 0.6 is 0 Å². The molecule has 0 aliphatic heterocycles. The van der Waals surface area contributed by atoms with Crippen LogP contribution in [0.15, 0.2) is 42.6 Å². The number of benzene rings is 1. The Morgan fingerprint density at radius 1 is 1.22 bits per heavy atom. The van der Waals surface area contributed by atoms with Crippen molar-refractivity contribution in [3.05, 3.63) is 54.0 Å². The summed E-state index contributed by atoms with van der Waals surface area (Å²) in [5.74, 6) is 1.08. The van der Waals surface area contributed by atoms with Crippen LogP contribution in [0.2, 0.25) is 0 Å². The van der Waals surface area contributed by atoms with Gasteiger partial charge >= 0.3 is 0 Å². The molecule has 4 heteroatoms. The standard InChI is InChI=1S/C14H10N4/c1-10-6-7-16-13(8-10)18-12-5-3-2-4-11(12)17-14(18)9-15/h2-8H,1H3. The van der Waals surface area contributed by atoms with Gasteiger partial charge in [0.05, 0.1) is 11.0 Å². The van der Waals surface area contributed by atoms with Gasteiger partial charge in [0.1, 0.15) is 11.9 Å². The van der Waals surface area contributed by atoms with Crippen LogP contribution in [0.5, 0.6) is 0 Å². The first kappa shape index (κ1) is 10.5. The Labute approximate surface area is 104 Å². The van der Waals surface area contributed by atoms with Crippen molar-refractivity contribution in [1.82, 2.24) is 14.5 Å². The molecule has 0 unspecified atom stereocenters. The highest BCUT2D eigenvalue weighted by molar-refractivity contribution is 5.78. The fraction of sp³-hybridized carbons (Fsp3) is 0.0714. The molecule has 0 saturated carbocycles. The molecule has 0 N–H and O–H groups in total. The van der Waals surface area contributed by atoms with Gasteiger partial charge in [-0.1, -0.05) is 12.1 Å². The summed E-state index contributed by atoms with van der Waals surface area (Å²) in [6, 6.07) is 13.6. The number of nitrogens with zero attached hydrogens (tertiary/aromatic N) is 4. The summed E-state index contributed by atoms with van der Waals surface area (Å²) in [6.45, 7) is 2.00. The maximum Gasteiger partial charge on any atom is 0.219 e. The Hall–Kier alpha value is -2.67. The largest absolute Gasteiger partial charge is 0.268 e. The van der Waals surface area contributed by atoms with Crippen molar-refractivity contribution >= 4 is 11.0 Å². The van der Waals surface area contributed by atoms with E-state index in [-0.39, 0.29) is 0 Å². The predicted octanol–water partition coefficient (Wildman–Crippen LogP) is 2.60. The van der Waals surface area contributed by atoms with Gasteiger partial charge in [-0.2, -0.15) is 5.26 Å². The third-order valence-corrected chi connectivity index (χ3v) is 2.79. The zero-order chi connectivity index (χ0) is 12.5. The summed E-state index contributed by atoms with van der Waals surface area (Å²) >= 11 is 0. The van der Waals surface area contributed by atoms with E-state index in [9.17, 15) is 5.26 Å². The summed E-state index contributed by atoms with van der Waals surface area (Å²) in [6.07, 6.45) is 1.74. The molecule has 0 spiro atoms. The number of fused-ring (bicyclic) bond motifs is 1. The number of aromatic nitrogens is 3. The van der Waals surface area contributed by atoms with Crippen LogP contribution in [0.3, 0.4) is 0 Å². The molecule has 2 heterocycles. The number of imidazole rings is 1. The second-order valence-corrected chi connectivity index (χ2v) is 4.06. The van der Waals surface area contributed by atoms with Crippen LogP contribution < -0.4 is 0 Å². The van der Waals surface area contributed by atoms with E-state index in [4.69, 9.17) is 0 Å². The van der Waals surface area contributed by atoms with E-state index >= 15 is 0 Å². The fourth-order valence-electron chi connectivity index (χ4n) is 1.98. The monoisotopic (exact) mass is 234 g/mol. The maximum absolute atomic E-state index is 9.19. The summed E-state index contributed by atoms with van der Waals surface area (Å²) < 4.78 is 1.78. The maximum atomic E-state index is 9.19. The van der Waals surface area contributed by atoms with E-state index < -0.39 is 0 Å². The van der Waals surface area contributed by atoms with Gasteiger partial charge in [0, 0.05) is 6.20 Å². The van der Waals surface area contributed by atoms with Gasteiger partial charge in [-0.3, -0.25) is 4.57 Å². The molecule has 0 bridgehead atoms. The number of hydrogen-bond acceptors (Lipinski definition) is 3. The van der Waals surface area contributed by atoms with Gasteiger partial charge in [-0.15, -0.1) is 0 Å². The quantitative estimate of drug-likeness (QED) is 0.650. The van der Waals surface area contributed by atoms with Crippen molar-refractivity contribution < 1.29 is 0 Å². The first-order valence-corrected chi connectivity index (χ1v) is 5.60. The molecule has 0 radical (unpaired) electrons. The van der Waals surface area contributed by atoms with Gasteiger partial charge in [-0.25, -0.2) is 9.97 Å². The smallest absolute Gasteiger partial charge is 0.219 e. The van der Waals surface area contributed by atoms with Gasteiger partial charge < -0.3 is 0 Å². The number of nitriles is 1. The van der Waals surface area contributed by atoms with Crippen molar-refractivity contribution in [3.63, 3.8) is 0 Å². The Kier molecular flexibility index (Phi) is 2.31. The van der Waals surface area contributed by atoms with E-state index in [0.29, 0.717) is 5.82 Å². The molecular formula is C14H10N4. The van der Waals surface area contributed by atoms with E-state index in [2.05, 4.69) is 16.0 Å². The van der Waals surface area contributed by atoms with E-state index in [1.165, 1.54) is 0 Å². The summed E-state index contributed by atoms with van der Waals surface area (Å²) in [4.78, 5) is 8.61. The van der Waals surface area contributed by atoms with Crippen molar-refractivity contribution in [2.24, 2.45) is 0 Å². The molecule has 18 heavy (non-hydrogen) atoms. The van der Waals surface area contributed by atoms with E-state index in [0.717, 1.165) is 22.4 Å². The summed E-state index contributed by atoms with van der Waals surface area (Å²) in [5, 5.41) is 9.19. The van der Waals surface area contributed by atoms with Crippen LogP contribution in [-0.2, 0) is 0 Å². The second kappa shape index (κ2) is 3.97. The molecule has 4 nitrogen and oxygen atoms in total. The van der Waals surface area contributed by atoms with Crippen LogP contribution in [0.1, 0.15) is 11.4 Å². The minimum atomic E-state index is 0.356. The lowest BCUT2D eigenvalue weighted by atomic mass is 10.3. The number of pyridine rings is 1. The van der Waals surface area contributed by atoms with E-state index in [1.54, 1.807) is 10.8 Å². The topological polar surface area (TPSA) is 54.5 Å². The average molecular weight is 234 g/mol. The molecule has 2 aromatic heterocycles. The second-order valence-electron chi connectivity index (χ2n) is 4.06. The summed E-state index contributed by atoms with van der Waals surface area (Å²) in [5.41, 5.74) is 2.80. The van der Waals surface area contributed by atoms with Crippen molar-refractivity contribution in [2.45, 2.75) is 6.92 Å². The van der Waals surface area contributed by atoms with Gasteiger partial charge in [-0.05, 0) is 36.8 Å². The first-order chi connectivity index (χ1) is 8.79. The van der Waals surface area contributed by atoms with Crippen molar-refractivity contribution in [2.75, 3.05) is 0 Å². The van der Waals surface area contributed by atoms with Crippen LogP contribution in [0.25, 0.3) is 16.9 Å². The molecule has 0 fully saturated rings. The minimum Gasteiger partial charge on any atom is -0.268 e. The molecule has 86 valence electrons. The fourth-order valence-corrected chi connectivity index (χ4v) is 1.98. The third kappa shape index (κ3) is 1.54. The molecular weight excluding hydrogens is 224 g/mol. The normalized spacial score (nSPS) is 10.4. The Balaban J connectivity index is 2.37. The van der Waals surface area contributed by atoms with Crippen LogP contribution in [0, 0.1) is 18.3 Å². The van der Waals surface area contributed by atoms with Crippen molar-refractivity contribution in [1.29, 1.82) is 5.26 Å². The Morgan fingerprint density at radius 2 is 2.06 bits per heavy atom. The van der Waals surface area contributed by atoms with Crippen molar-refractivity contribution in [3.8, 4) is 11.9 Å². The molecule has 0 aliphatic rings. The number of aryl methyl sites for hydroxylation is 1. The molecule has 1 aromatic carbocycles. The van der Waals surface area contributed by atoms with Gasteiger partial charge in [0.15, 0.2) is 0 Å². The lowest BCUT2D eigenvalue weighted by molar-refractivity contribution is 0.989. The number of hydrogen-bond donors (Lipinski definition) is 0. The molecule has 3 aromatic rings. The van der Waals surface area contributed by atoms with Crippen LogP contribution in [0.4, 0.5) is 0 Å². The zero-order valence-electron chi connectivity index (χ0n) is 9.83. The number of para-hydroxylation sites is 2. The van der Waals surface area contributed by atoms with E-state index in [1.807, 2.05) is 43.3 Å². The Bertz CT molecular complexity index is 765. The first-order valence-electron chi connectivity index (χ1n) is 5.60. The van der Waals surface area contributed by atoms with Crippen LogP contribution in [-0.4, -0.2) is 14.5 Å². The summed E-state index contributed by atoms with van der Waals surface area (Å²) in [7, 11) is 0. The Morgan fingerprint density at radius 3 is 2.83 bits per heavy atom.